The molecule has 1 unspecified atom stereocenters. The van der Waals surface area contributed by atoms with Crippen LogP contribution in [0.2, 0.25) is 0 Å². The third-order valence-electron chi connectivity index (χ3n) is 8.35. The van der Waals surface area contributed by atoms with Gasteiger partial charge in [0.05, 0.1) is 18.5 Å². The van der Waals surface area contributed by atoms with Crippen molar-refractivity contribution in [1.82, 2.24) is 15.1 Å². The Labute approximate surface area is 230 Å². The van der Waals surface area contributed by atoms with Crippen LogP contribution >= 0.6 is 0 Å². The molecule has 2 heterocycles. The number of carbonyl (C=O) groups excluding carboxylic acids is 2. The number of benzene rings is 3. The molecule has 0 saturated carbocycles. The van der Waals surface area contributed by atoms with Gasteiger partial charge in [0, 0.05) is 25.6 Å². The van der Waals surface area contributed by atoms with Crippen molar-refractivity contribution < 1.29 is 9.59 Å². The van der Waals surface area contributed by atoms with Gasteiger partial charge in [-0.25, -0.2) is 0 Å². The molecule has 5 N–H and O–H groups in total. The molecule has 3 aromatic rings. The second kappa shape index (κ2) is 11.9. The van der Waals surface area contributed by atoms with Crippen molar-refractivity contribution in [2.75, 3.05) is 39.3 Å². The van der Waals surface area contributed by atoms with Crippen molar-refractivity contribution in [2.45, 2.75) is 31.7 Å². The summed E-state index contributed by atoms with van der Waals surface area (Å²) in [5, 5.41) is 5.37. The molecule has 0 bridgehead atoms. The van der Waals surface area contributed by atoms with Gasteiger partial charge in [-0.15, -0.1) is 0 Å². The smallest absolute Gasteiger partial charge is 0.239 e. The van der Waals surface area contributed by atoms with Crippen LogP contribution in [0.1, 0.15) is 36.3 Å². The number of rotatable bonds is 8. The van der Waals surface area contributed by atoms with Crippen molar-refractivity contribution >= 4 is 28.5 Å². The fourth-order valence-corrected chi connectivity index (χ4v) is 6.40. The highest BCUT2D eigenvalue weighted by Crippen LogP contribution is 2.50. The van der Waals surface area contributed by atoms with Gasteiger partial charge >= 0.3 is 0 Å². The Morgan fingerprint density at radius 1 is 0.949 bits per heavy atom. The van der Waals surface area contributed by atoms with E-state index in [9.17, 15) is 9.59 Å². The predicted octanol–water partition coefficient (Wildman–Crippen LogP) is 2.83. The van der Waals surface area contributed by atoms with Crippen molar-refractivity contribution in [3.63, 3.8) is 0 Å². The van der Waals surface area contributed by atoms with Crippen molar-refractivity contribution in [3.8, 4) is 0 Å². The molecule has 1 spiro atoms. The minimum absolute atomic E-state index is 0.00357. The maximum atomic E-state index is 14.2. The van der Waals surface area contributed by atoms with Gasteiger partial charge < -0.3 is 21.7 Å². The number of fused-ring (bicyclic) bond motifs is 1. The van der Waals surface area contributed by atoms with E-state index in [1.165, 1.54) is 21.9 Å². The molecule has 8 nitrogen and oxygen atoms in total. The molecule has 2 aliphatic heterocycles. The van der Waals surface area contributed by atoms with Crippen molar-refractivity contribution in [1.29, 1.82) is 0 Å². The summed E-state index contributed by atoms with van der Waals surface area (Å²) in [4.78, 5) is 34.9. The summed E-state index contributed by atoms with van der Waals surface area (Å²) >= 11 is 0. The van der Waals surface area contributed by atoms with Gasteiger partial charge in [-0.05, 0) is 54.3 Å². The number of guanidine groups is 1. The van der Waals surface area contributed by atoms with Gasteiger partial charge in [0.2, 0.25) is 11.8 Å². The lowest BCUT2D eigenvalue weighted by atomic mass is 9.62. The van der Waals surface area contributed by atoms with Crippen LogP contribution < -0.4 is 16.8 Å². The van der Waals surface area contributed by atoms with Crippen LogP contribution in [0.25, 0.3) is 10.8 Å². The molecular weight excluding hydrogens is 488 g/mol. The van der Waals surface area contributed by atoms with Crippen molar-refractivity contribution in [2.24, 2.45) is 21.9 Å². The number of aliphatic imine (C=N–C) groups is 1. The Bertz CT molecular complexity index is 1320. The molecule has 0 aromatic heterocycles. The molecule has 39 heavy (non-hydrogen) atoms. The number of piperidine rings is 2. The average molecular weight is 527 g/mol. The lowest BCUT2D eigenvalue weighted by molar-refractivity contribution is -0.154. The first-order chi connectivity index (χ1) is 19.0. The SMILES string of the molecule is NC(N)=NCCNC(=O)CN1CCC(c2ccccc2)C2(CCN(Cc3cccc4ccccc34)CC2)C1=O. The molecular formula is C31H38N6O2. The Balaban J connectivity index is 1.30. The van der Waals surface area contributed by atoms with E-state index in [1.807, 2.05) is 6.07 Å². The highest BCUT2D eigenvalue weighted by atomic mass is 16.2. The van der Waals surface area contributed by atoms with E-state index in [1.54, 1.807) is 4.90 Å². The largest absolute Gasteiger partial charge is 0.370 e. The average Bonchev–Trinajstić information content (AvgIpc) is 2.95. The van der Waals surface area contributed by atoms with Crippen LogP contribution in [0.4, 0.5) is 0 Å². The molecule has 2 saturated heterocycles. The zero-order valence-corrected chi connectivity index (χ0v) is 22.4. The normalized spacial score (nSPS) is 19.2. The molecule has 204 valence electrons. The van der Waals surface area contributed by atoms with E-state index in [0.29, 0.717) is 19.6 Å². The van der Waals surface area contributed by atoms with Gasteiger partial charge in [-0.2, -0.15) is 0 Å². The number of nitrogens with one attached hydrogen (secondary N) is 1. The van der Waals surface area contributed by atoms with Crippen LogP contribution in [0, 0.1) is 5.41 Å². The second-order valence-electron chi connectivity index (χ2n) is 10.7. The summed E-state index contributed by atoms with van der Waals surface area (Å²) in [6, 6.07) is 25.4. The predicted molar refractivity (Wildman–Crippen MR) is 155 cm³/mol. The van der Waals surface area contributed by atoms with E-state index in [4.69, 9.17) is 11.5 Å². The molecule has 1 atom stereocenters. The number of hydrogen-bond donors (Lipinski definition) is 3. The molecule has 2 aliphatic rings. The van der Waals surface area contributed by atoms with Crippen LogP contribution in [-0.4, -0.2) is 66.8 Å². The van der Waals surface area contributed by atoms with Gasteiger partial charge in [-0.1, -0.05) is 72.8 Å². The van der Waals surface area contributed by atoms with Gasteiger partial charge in [0.1, 0.15) is 0 Å². The standard InChI is InChI=1S/C31H38N6O2/c32-30(33)35-17-16-34-28(38)22-37-18-13-27(24-8-2-1-3-9-24)31(29(37)39)14-19-36(20-15-31)21-25-11-6-10-23-7-4-5-12-26(23)25/h1-12,27H,13-22H2,(H,34,38)(H4,32,33,35). The lowest BCUT2D eigenvalue weighted by Crippen LogP contribution is -2.58. The summed E-state index contributed by atoms with van der Waals surface area (Å²) < 4.78 is 0. The van der Waals surface area contributed by atoms with Crippen LogP contribution in [0.5, 0.6) is 0 Å². The first kappa shape index (κ1) is 26.7. The van der Waals surface area contributed by atoms with Gasteiger partial charge in [-0.3, -0.25) is 19.5 Å². The molecule has 0 aliphatic carbocycles. The number of amides is 2. The van der Waals surface area contributed by atoms with E-state index >= 15 is 0 Å². The Hall–Kier alpha value is -3.91. The van der Waals surface area contributed by atoms with Crippen LogP contribution in [-0.2, 0) is 16.1 Å². The molecule has 5 rings (SSSR count). The zero-order chi connectivity index (χ0) is 27.2. The van der Waals surface area contributed by atoms with Crippen molar-refractivity contribution in [3.05, 3.63) is 83.9 Å². The Kier molecular flexibility index (Phi) is 8.12. The summed E-state index contributed by atoms with van der Waals surface area (Å²) in [5.41, 5.74) is 12.7. The number of nitrogens with two attached hydrogens (primary N) is 2. The third kappa shape index (κ3) is 5.91. The summed E-state index contributed by atoms with van der Waals surface area (Å²) in [6.07, 6.45) is 2.40. The zero-order valence-electron chi connectivity index (χ0n) is 22.4. The topological polar surface area (TPSA) is 117 Å². The molecule has 8 heteroatoms. The Morgan fingerprint density at radius 2 is 1.67 bits per heavy atom. The third-order valence-corrected chi connectivity index (χ3v) is 8.35. The van der Waals surface area contributed by atoms with Gasteiger partial charge in [0.25, 0.3) is 0 Å². The molecule has 2 fully saturated rings. The molecule has 2 amide bonds. The van der Waals surface area contributed by atoms with E-state index < -0.39 is 5.41 Å². The van der Waals surface area contributed by atoms with E-state index in [2.05, 4.69) is 81.9 Å². The summed E-state index contributed by atoms with van der Waals surface area (Å²) in [7, 11) is 0. The maximum Gasteiger partial charge on any atom is 0.239 e. The molecule has 3 aromatic carbocycles. The monoisotopic (exact) mass is 526 g/mol. The quantitative estimate of drug-likeness (QED) is 0.237. The minimum atomic E-state index is -0.507. The number of hydrogen-bond acceptors (Lipinski definition) is 4. The summed E-state index contributed by atoms with van der Waals surface area (Å²) in [5.74, 6) is 0.0610. The van der Waals surface area contributed by atoms with Crippen LogP contribution in [0.15, 0.2) is 77.8 Å². The summed E-state index contributed by atoms with van der Waals surface area (Å²) in [6.45, 7) is 3.83. The number of nitrogens with zero attached hydrogens (tertiary/aromatic N) is 3. The first-order valence-corrected chi connectivity index (χ1v) is 13.8. The van der Waals surface area contributed by atoms with Gasteiger partial charge in [0.15, 0.2) is 5.96 Å². The van der Waals surface area contributed by atoms with E-state index in [0.717, 1.165) is 38.9 Å². The minimum Gasteiger partial charge on any atom is -0.370 e. The fraction of sp³-hybridized carbons (Fsp3) is 0.387. The Morgan fingerprint density at radius 3 is 2.44 bits per heavy atom. The maximum absolute atomic E-state index is 14.2. The first-order valence-electron chi connectivity index (χ1n) is 13.8. The van der Waals surface area contributed by atoms with Crippen LogP contribution in [0.3, 0.4) is 0 Å². The number of likely N-dealkylation sites (tertiary alicyclic amines) is 2. The highest BCUT2D eigenvalue weighted by Gasteiger charge is 2.52. The number of carbonyl (C=O) groups is 2. The second-order valence-corrected chi connectivity index (χ2v) is 10.7. The molecule has 0 radical (unpaired) electrons. The highest BCUT2D eigenvalue weighted by molar-refractivity contribution is 5.90. The lowest BCUT2D eigenvalue weighted by Gasteiger charge is -2.51. The fourth-order valence-electron chi connectivity index (χ4n) is 6.40. The van der Waals surface area contributed by atoms with E-state index in [-0.39, 0.29) is 30.2 Å².